The number of benzene rings is 9. The zero-order chi connectivity index (χ0) is 37.6. The molecule has 9 rings (SSSR count). The molecule has 266 valence electrons. The van der Waals surface area contributed by atoms with Crippen LogP contribution in [0.3, 0.4) is 0 Å². The van der Waals surface area contributed by atoms with Gasteiger partial charge in [0.25, 0.3) is 0 Å². The van der Waals surface area contributed by atoms with E-state index in [1.165, 1.54) is 59.7 Å². The van der Waals surface area contributed by atoms with Crippen LogP contribution in [0.4, 0.5) is 11.4 Å². The molecule has 2 heteroatoms. The largest absolute Gasteiger partial charge is 0.355 e. The summed E-state index contributed by atoms with van der Waals surface area (Å²) in [6.45, 7) is 0. The van der Waals surface area contributed by atoms with Crippen LogP contribution in [0.1, 0.15) is 0 Å². The van der Waals surface area contributed by atoms with Gasteiger partial charge in [0.15, 0.2) is 8.07 Å². The fourth-order valence-corrected chi connectivity index (χ4v) is 12.8. The van der Waals surface area contributed by atoms with E-state index in [1.54, 1.807) is 0 Å². The zero-order valence-corrected chi connectivity index (χ0v) is 32.1. The summed E-state index contributed by atoms with van der Waals surface area (Å²) < 4.78 is 0. The Morgan fingerprint density at radius 2 is 0.607 bits per heavy atom. The topological polar surface area (TPSA) is 12.0 Å². The molecule has 0 aliphatic carbocycles. The third-order valence-electron chi connectivity index (χ3n) is 10.8. The van der Waals surface area contributed by atoms with Gasteiger partial charge in [0.2, 0.25) is 0 Å². The minimum Gasteiger partial charge on any atom is -0.355 e. The van der Waals surface area contributed by atoms with Gasteiger partial charge in [0.05, 0.1) is 0 Å². The van der Waals surface area contributed by atoms with Gasteiger partial charge in [0.1, 0.15) is 0 Å². The first-order valence-electron chi connectivity index (χ1n) is 19.3. The summed E-state index contributed by atoms with van der Waals surface area (Å²) in [7, 11) is -2.60. The molecule has 0 heterocycles. The standard InChI is InChI=1S/C54H41NSi/c1-6-17-41(18-7-1)45-21-16-22-46(39-45)42-29-31-43(32-30-42)47-33-38-54(53(40-47)44-19-8-2-9-20-44)55-48-34-36-52(37-35-48)56(49-23-10-3-11-24-49,50-25-12-4-13-26-50)51-27-14-5-15-28-51/h1-40,55H. The summed E-state index contributed by atoms with van der Waals surface area (Å²) >= 11 is 0. The first-order chi connectivity index (χ1) is 27.8. The summed E-state index contributed by atoms with van der Waals surface area (Å²) in [4.78, 5) is 0. The highest BCUT2D eigenvalue weighted by Gasteiger charge is 2.41. The van der Waals surface area contributed by atoms with E-state index < -0.39 is 8.07 Å². The van der Waals surface area contributed by atoms with Crippen molar-refractivity contribution < 1.29 is 0 Å². The molecule has 0 saturated heterocycles. The van der Waals surface area contributed by atoms with Crippen molar-refractivity contribution in [2.24, 2.45) is 0 Å². The zero-order valence-electron chi connectivity index (χ0n) is 31.1. The Bertz CT molecular complexity index is 2560. The van der Waals surface area contributed by atoms with Crippen LogP contribution in [0.15, 0.2) is 243 Å². The first kappa shape index (κ1) is 34.7. The van der Waals surface area contributed by atoms with Crippen LogP contribution < -0.4 is 26.1 Å². The van der Waals surface area contributed by atoms with Crippen LogP contribution in [0, 0.1) is 0 Å². The van der Waals surface area contributed by atoms with E-state index in [0.717, 1.165) is 16.9 Å². The second kappa shape index (κ2) is 15.8. The second-order valence-corrected chi connectivity index (χ2v) is 18.0. The van der Waals surface area contributed by atoms with Crippen molar-refractivity contribution in [3.05, 3.63) is 243 Å². The lowest BCUT2D eigenvalue weighted by Gasteiger charge is -2.34. The Hall–Kier alpha value is -7.00. The molecular weight excluding hydrogens is 691 g/mol. The van der Waals surface area contributed by atoms with Crippen LogP contribution in [-0.4, -0.2) is 8.07 Å². The molecule has 0 unspecified atom stereocenters. The molecule has 0 radical (unpaired) electrons. The molecule has 9 aromatic carbocycles. The summed E-state index contributed by atoms with van der Waals surface area (Å²) in [5, 5.41) is 9.27. The SMILES string of the molecule is c1ccc(-c2cccc(-c3ccc(-c4ccc(Nc5ccc([Si](c6ccccc6)(c6ccccc6)c6ccccc6)cc5)c(-c5ccccc5)c4)cc3)c2)cc1. The van der Waals surface area contributed by atoms with E-state index in [1.807, 2.05) is 0 Å². The fraction of sp³-hybridized carbons (Fsp3) is 0. The van der Waals surface area contributed by atoms with Crippen molar-refractivity contribution in [1.82, 2.24) is 0 Å². The van der Waals surface area contributed by atoms with Crippen LogP contribution >= 0.6 is 0 Å². The lowest BCUT2D eigenvalue weighted by atomic mass is 9.95. The predicted molar refractivity (Wildman–Crippen MR) is 242 cm³/mol. The highest BCUT2D eigenvalue weighted by molar-refractivity contribution is 7.19. The monoisotopic (exact) mass is 731 g/mol. The molecule has 0 aromatic heterocycles. The number of rotatable bonds is 10. The van der Waals surface area contributed by atoms with Crippen molar-refractivity contribution >= 4 is 40.2 Å². The molecule has 0 aliphatic rings. The molecule has 1 N–H and O–H groups in total. The van der Waals surface area contributed by atoms with E-state index in [4.69, 9.17) is 0 Å². The van der Waals surface area contributed by atoms with Gasteiger partial charge in [-0.05, 0) is 90.0 Å². The maximum absolute atomic E-state index is 3.81. The van der Waals surface area contributed by atoms with Gasteiger partial charge in [-0.15, -0.1) is 0 Å². The Morgan fingerprint density at radius 3 is 1.09 bits per heavy atom. The molecule has 0 saturated carbocycles. The Morgan fingerprint density at radius 1 is 0.250 bits per heavy atom. The van der Waals surface area contributed by atoms with Crippen molar-refractivity contribution in [2.75, 3.05) is 5.32 Å². The van der Waals surface area contributed by atoms with Crippen LogP contribution in [0.2, 0.25) is 0 Å². The minimum atomic E-state index is -2.60. The summed E-state index contributed by atoms with van der Waals surface area (Å²) in [5.41, 5.74) is 11.7. The normalized spacial score (nSPS) is 11.2. The lowest BCUT2D eigenvalue weighted by molar-refractivity contribution is 1.52. The van der Waals surface area contributed by atoms with Gasteiger partial charge in [-0.25, -0.2) is 0 Å². The number of anilines is 2. The van der Waals surface area contributed by atoms with Crippen molar-refractivity contribution in [3.63, 3.8) is 0 Å². The Labute approximate surface area is 331 Å². The van der Waals surface area contributed by atoms with Gasteiger partial charge in [-0.3, -0.25) is 0 Å². The van der Waals surface area contributed by atoms with Gasteiger partial charge in [-0.1, -0.05) is 212 Å². The predicted octanol–water partition coefficient (Wildman–Crippen LogP) is 11.5. The molecule has 56 heavy (non-hydrogen) atoms. The fourth-order valence-electron chi connectivity index (χ4n) is 8.08. The van der Waals surface area contributed by atoms with E-state index in [0.29, 0.717) is 0 Å². The highest BCUT2D eigenvalue weighted by atomic mass is 28.3. The molecule has 1 nitrogen and oxygen atoms in total. The quantitative estimate of drug-likeness (QED) is 0.109. The third kappa shape index (κ3) is 6.91. The highest BCUT2D eigenvalue weighted by Crippen LogP contribution is 2.36. The van der Waals surface area contributed by atoms with Gasteiger partial charge in [-0.2, -0.15) is 0 Å². The third-order valence-corrected chi connectivity index (χ3v) is 15.6. The van der Waals surface area contributed by atoms with Gasteiger partial charge >= 0.3 is 0 Å². The summed E-state index contributed by atoms with van der Waals surface area (Å²) in [6.07, 6.45) is 0. The number of hydrogen-bond donors (Lipinski definition) is 1. The van der Waals surface area contributed by atoms with E-state index in [9.17, 15) is 0 Å². The molecule has 0 bridgehead atoms. The Kier molecular flexibility index (Phi) is 9.78. The maximum atomic E-state index is 3.81. The number of nitrogens with one attached hydrogen (secondary N) is 1. The van der Waals surface area contributed by atoms with E-state index in [2.05, 4.69) is 248 Å². The lowest BCUT2D eigenvalue weighted by Crippen LogP contribution is -2.74. The average molecular weight is 732 g/mol. The summed E-state index contributed by atoms with van der Waals surface area (Å²) in [6, 6.07) is 88.2. The minimum absolute atomic E-state index is 1.05. The molecule has 0 amide bonds. The van der Waals surface area contributed by atoms with E-state index >= 15 is 0 Å². The van der Waals surface area contributed by atoms with E-state index in [-0.39, 0.29) is 0 Å². The van der Waals surface area contributed by atoms with Crippen molar-refractivity contribution in [1.29, 1.82) is 0 Å². The van der Waals surface area contributed by atoms with Crippen LogP contribution in [0.5, 0.6) is 0 Å². The average Bonchev–Trinajstić information content (AvgIpc) is 3.29. The molecule has 0 spiro atoms. The van der Waals surface area contributed by atoms with Crippen molar-refractivity contribution in [3.8, 4) is 44.5 Å². The Balaban J connectivity index is 1.05. The molecule has 9 aromatic rings. The molecule has 0 atom stereocenters. The number of hydrogen-bond acceptors (Lipinski definition) is 1. The summed E-state index contributed by atoms with van der Waals surface area (Å²) in [5.74, 6) is 0. The second-order valence-electron chi connectivity index (χ2n) is 14.2. The molecule has 0 aliphatic heterocycles. The first-order valence-corrected chi connectivity index (χ1v) is 21.3. The molecular formula is C54H41NSi. The van der Waals surface area contributed by atoms with Gasteiger partial charge < -0.3 is 5.32 Å². The smallest absolute Gasteiger partial charge is 0.179 e. The van der Waals surface area contributed by atoms with Crippen LogP contribution in [-0.2, 0) is 0 Å². The molecule has 0 fully saturated rings. The van der Waals surface area contributed by atoms with Crippen LogP contribution in [0.25, 0.3) is 44.5 Å². The van der Waals surface area contributed by atoms with Crippen molar-refractivity contribution in [2.45, 2.75) is 0 Å². The van der Waals surface area contributed by atoms with Gasteiger partial charge in [0, 0.05) is 16.9 Å². The maximum Gasteiger partial charge on any atom is 0.179 e.